The molecule has 11 heteroatoms. The standard InChI is InChI=1S/C24H24F3N7O/c25-14-4-5-34(12-14)24(35)32-17-3-1-2-16(8-17)31-23-20(27)6-13(9-28)21(33-23)19-11-30-22-18(19)7-15(26)10-29-22/h6-7,10-11,14,16-17H,1-5,8,12H2,(H,29,30)(H,31,33)(H,32,35)/t14-,16?,17+/m0/s1. The lowest BCUT2D eigenvalue weighted by Crippen LogP contribution is -2.47. The average molecular weight is 483 g/mol. The fourth-order valence-electron chi connectivity index (χ4n) is 4.87. The van der Waals surface area contributed by atoms with Crippen molar-refractivity contribution in [3.63, 3.8) is 0 Å². The van der Waals surface area contributed by atoms with Crippen molar-refractivity contribution in [1.82, 2.24) is 25.2 Å². The van der Waals surface area contributed by atoms with E-state index in [0.717, 1.165) is 31.5 Å². The van der Waals surface area contributed by atoms with Gasteiger partial charge in [0.2, 0.25) is 0 Å². The average Bonchev–Trinajstić information content (AvgIpc) is 3.46. The smallest absolute Gasteiger partial charge is 0.317 e. The zero-order chi connectivity index (χ0) is 24.5. The van der Waals surface area contributed by atoms with Gasteiger partial charge in [-0.1, -0.05) is 0 Å². The van der Waals surface area contributed by atoms with Crippen LogP contribution in [0.4, 0.5) is 23.8 Å². The van der Waals surface area contributed by atoms with Crippen molar-refractivity contribution in [3.8, 4) is 17.3 Å². The van der Waals surface area contributed by atoms with Crippen LogP contribution in [0.15, 0.2) is 24.5 Å². The number of nitrogens with zero attached hydrogens (tertiary/aromatic N) is 4. The number of nitrogens with one attached hydrogen (secondary N) is 3. The number of carbonyl (C=O) groups is 1. The molecule has 4 heterocycles. The monoisotopic (exact) mass is 483 g/mol. The van der Waals surface area contributed by atoms with Crippen LogP contribution in [0.5, 0.6) is 0 Å². The van der Waals surface area contributed by atoms with E-state index in [-0.39, 0.29) is 41.7 Å². The molecule has 1 aliphatic heterocycles. The van der Waals surface area contributed by atoms with Crippen LogP contribution in [0.3, 0.4) is 0 Å². The second-order valence-corrected chi connectivity index (χ2v) is 9.07. The van der Waals surface area contributed by atoms with Crippen LogP contribution >= 0.6 is 0 Å². The van der Waals surface area contributed by atoms with Crippen molar-refractivity contribution in [2.45, 2.75) is 50.4 Å². The number of hydrogen-bond acceptors (Lipinski definition) is 5. The predicted octanol–water partition coefficient (Wildman–Crippen LogP) is 4.25. The maximum Gasteiger partial charge on any atom is 0.317 e. The third-order valence-corrected chi connectivity index (χ3v) is 6.61. The minimum atomic E-state index is -0.981. The number of likely N-dealkylation sites (tertiary alicyclic amines) is 1. The normalized spacial score (nSPS) is 22.2. The Hall–Kier alpha value is -3.81. The van der Waals surface area contributed by atoms with Crippen LogP contribution < -0.4 is 10.6 Å². The molecule has 3 atom stereocenters. The Kier molecular flexibility index (Phi) is 6.19. The van der Waals surface area contributed by atoms with Crippen LogP contribution in [-0.2, 0) is 0 Å². The molecule has 3 aromatic heterocycles. The Balaban J connectivity index is 1.35. The van der Waals surface area contributed by atoms with Crippen LogP contribution in [0.2, 0.25) is 0 Å². The van der Waals surface area contributed by atoms with Crippen LogP contribution in [0, 0.1) is 23.0 Å². The highest BCUT2D eigenvalue weighted by Crippen LogP contribution is 2.32. The minimum absolute atomic E-state index is 0.0174. The van der Waals surface area contributed by atoms with E-state index < -0.39 is 17.8 Å². The molecule has 1 aliphatic carbocycles. The van der Waals surface area contributed by atoms with E-state index in [1.54, 1.807) is 6.20 Å². The van der Waals surface area contributed by atoms with Crippen molar-refractivity contribution in [2.75, 3.05) is 18.4 Å². The van der Waals surface area contributed by atoms with Crippen molar-refractivity contribution >= 4 is 22.9 Å². The number of nitriles is 1. The maximum absolute atomic E-state index is 14.9. The lowest BCUT2D eigenvalue weighted by Gasteiger charge is -2.32. The van der Waals surface area contributed by atoms with E-state index in [9.17, 15) is 23.2 Å². The Morgan fingerprint density at radius 1 is 1.23 bits per heavy atom. The lowest BCUT2D eigenvalue weighted by molar-refractivity contribution is 0.195. The molecule has 2 fully saturated rings. The highest BCUT2D eigenvalue weighted by Gasteiger charge is 2.30. The second-order valence-electron chi connectivity index (χ2n) is 9.07. The largest absolute Gasteiger partial charge is 0.365 e. The molecule has 35 heavy (non-hydrogen) atoms. The Bertz CT molecular complexity index is 1300. The third kappa shape index (κ3) is 4.73. The lowest BCUT2D eigenvalue weighted by atomic mass is 9.91. The number of hydrogen-bond donors (Lipinski definition) is 3. The molecule has 3 N–H and O–H groups in total. The first-order valence-electron chi connectivity index (χ1n) is 11.6. The Morgan fingerprint density at radius 2 is 2.06 bits per heavy atom. The Morgan fingerprint density at radius 3 is 2.83 bits per heavy atom. The number of anilines is 1. The minimum Gasteiger partial charge on any atom is -0.365 e. The van der Waals surface area contributed by atoms with Crippen molar-refractivity contribution < 1.29 is 18.0 Å². The topological polar surface area (TPSA) is 110 Å². The van der Waals surface area contributed by atoms with Gasteiger partial charge in [-0.05, 0) is 44.2 Å². The predicted molar refractivity (Wildman–Crippen MR) is 123 cm³/mol. The van der Waals surface area contributed by atoms with E-state index in [1.807, 2.05) is 6.07 Å². The molecular weight excluding hydrogens is 459 g/mol. The quantitative estimate of drug-likeness (QED) is 0.514. The zero-order valence-corrected chi connectivity index (χ0v) is 18.8. The van der Waals surface area contributed by atoms with Crippen molar-refractivity contribution in [1.29, 1.82) is 5.26 Å². The summed E-state index contributed by atoms with van der Waals surface area (Å²) in [5.41, 5.74) is 1.10. The van der Waals surface area contributed by atoms with Gasteiger partial charge < -0.3 is 20.5 Å². The van der Waals surface area contributed by atoms with Gasteiger partial charge in [0.1, 0.15) is 23.7 Å². The summed E-state index contributed by atoms with van der Waals surface area (Å²) in [6.45, 7) is 0.508. The molecule has 1 saturated heterocycles. The fourth-order valence-corrected chi connectivity index (χ4v) is 4.87. The van der Waals surface area contributed by atoms with Gasteiger partial charge in [-0.2, -0.15) is 5.26 Å². The summed E-state index contributed by atoms with van der Waals surface area (Å²) in [4.78, 5) is 25.2. The second kappa shape index (κ2) is 9.44. The van der Waals surface area contributed by atoms with Crippen molar-refractivity contribution in [2.24, 2.45) is 0 Å². The van der Waals surface area contributed by atoms with Gasteiger partial charge in [-0.25, -0.2) is 27.9 Å². The number of alkyl halides is 1. The molecule has 8 nitrogen and oxygen atoms in total. The molecule has 0 spiro atoms. The third-order valence-electron chi connectivity index (χ3n) is 6.61. The Labute approximate surface area is 199 Å². The summed E-state index contributed by atoms with van der Waals surface area (Å²) in [6, 6.07) is 3.79. The van der Waals surface area contributed by atoms with Gasteiger partial charge in [-0.3, -0.25) is 0 Å². The van der Waals surface area contributed by atoms with Gasteiger partial charge >= 0.3 is 6.03 Å². The van der Waals surface area contributed by atoms with E-state index in [0.29, 0.717) is 36.0 Å². The number of aromatic amines is 1. The van der Waals surface area contributed by atoms with Crippen LogP contribution in [-0.4, -0.2) is 57.2 Å². The van der Waals surface area contributed by atoms with E-state index in [2.05, 4.69) is 25.6 Å². The number of urea groups is 1. The highest BCUT2D eigenvalue weighted by atomic mass is 19.1. The first-order valence-corrected chi connectivity index (χ1v) is 11.6. The SMILES string of the molecule is N#Cc1cc(F)c(NC2CCC[C@@H](NC(=O)N3CC[C@H](F)C3)C2)nc1-c1c[nH]c2ncc(F)cc12. The molecule has 1 saturated carbocycles. The van der Waals surface area contributed by atoms with Gasteiger partial charge in [0, 0.05) is 35.8 Å². The number of aromatic nitrogens is 3. The fraction of sp³-hybridized carbons (Fsp3) is 0.417. The molecule has 3 aromatic rings. The number of halogens is 3. The summed E-state index contributed by atoms with van der Waals surface area (Å²) in [6.07, 6.45) is 4.91. The number of H-pyrrole nitrogens is 1. The number of rotatable bonds is 4. The zero-order valence-electron chi connectivity index (χ0n) is 18.8. The summed E-state index contributed by atoms with van der Waals surface area (Å²) in [5.74, 6) is -1.23. The number of carbonyl (C=O) groups excluding carboxylic acids is 1. The van der Waals surface area contributed by atoms with Crippen LogP contribution in [0.1, 0.15) is 37.7 Å². The van der Waals surface area contributed by atoms with Gasteiger partial charge in [0.05, 0.1) is 24.0 Å². The molecule has 2 amide bonds. The maximum atomic E-state index is 14.9. The van der Waals surface area contributed by atoms with E-state index in [1.165, 1.54) is 11.0 Å². The van der Waals surface area contributed by atoms with Crippen molar-refractivity contribution in [3.05, 3.63) is 41.7 Å². The first-order chi connectivity index (χ1) is 16.9. The molecular formula is C24H24F3N7O. The summed E-state index contributed by atoms with van der Waals surface area (Å²) in [7, 11) is 0. The summed E-state index contributed by atoms with van der Waals surface area (Å²) in [5, 5.41) is 16.1. The van der Waals surface area contributed by atoms with Gasteiger partial charge in [-0.15, -0.1) is 0 Å². The van der Waals surface area contributed by atoms with Gasteiger partial charge in [0.15, 0.2) is 11.6 Å². The molecule has 1 unspecified atom stereocenters. The molecule has 0 bridgehead atoms. The molecule has 2 aliphatic rings. The van der Waals surface area contributed by atoms with E-state index in [4.69, 9.17) is 0 Å². The summed E-state index contributed by atoms with van der Waals surface area (Å²) >= 11 is 0. The highest BCUT2D eigenvalue weighted by molar-refractivity contribution is 5.94. The molecule has 0 aromatic carbocycles. The number of fused-ring (bicyclic) bond motifs is 1. The molecule has 182 valence electrons. The van der Waals surface area contributed by atoms with E-state index >= 15 is 0 Å². The first kappa shape index (κ1) is 23.0. The number of pyridine rings is 2. The van der Waals surface area contributed by atoms with Crippen LogP contribution in [0.25, 0.3) is 22.3 Å². The van der Waals surface area contributed by atoms with Gasteiger partial charge in [0.25, 0.3) is 0 Å². The molecule has 5 rings (SSSR count). The summed E-state index contributed by atoms with van der Waals surface area (Å²) < 4.78 is 42.1. The number of amides is 2. The molecule has 0 radical (unpaired) electrons.